The van der Waals surface area contributed by atoms with Gasteiger partial charge in [0.25, 0.3) is 0 Å². The number of hydrogen-bond acceptors (Lipinski definition) is 3. The number of hydrogen-bond donors (Lipinski definition) is 2. The first-order valence-electron chi connectivity index (χ1n) is 5.45. The molecule has 3 nitrogen and oxygen atoms in total. The first-order chi connectivity index (χ1) is 8.49. The van der Waals surface area contributed by atoms with Crippen molar-refractivity contribution in [2.24, 2.45) is 0 Å². The van der Waals surface area contributed by atoms with E-state index in [-0.39, 0.29) is 11.6 Å². The molecule has 0 amide bonds. The van der Waals surface area contributed by atoms with Gasteiger partial charge in [-0.15, -0.1) is 0 Å². The summed E-state index contributed by atoms with van der Waals surface area (Å²) >= 11 is 0. The Balaban J connectivity index is 2.44. The van der Waals surface area contributed by atoms with Gasteiger partial charge in [0.05, 0.1) is 0 Å². The van der Waals surface area contributed by atoms with Crippen LogP contribution in [0.1, 0.15) is 21.5 Å². The monoisotopic (exact) mass is 244 g/mol. The van der Waals surface area contributed by atoms with Crippen molar-refractivity contribution in [3.63, 3.8) is 0 Å². The van der Waals surface area contributed by atoms with Crippen molar-refractivity contribution in [2.45, 2.75) is 6.92 Å². The van der Waals surface area contributed by atoms with Crippen LogP contribution in [-0.4, -0.2) is 5.78 Å². The Bertz CT molecular complexity index is 623. The fraction of sp³-hybridized carbons (Fsp3) is 0.0714. The van der Waals surface area contributed by atoms with E-state index in [0.717, 1.165) is 0 Å². The Morgan fingerprint density at radius 3 is 2.44 bits per heavy atom. The van der Waals surface area contributed by atoms with Crippen LogP contribution in [0.15, 0.2) is 36.4 Å². The number of halogens is 1. The predicted octanol–water partition coefficient (Wildman–Crippen LogP) is 2.53. The van der Waals surface area contributed by atoms with Crippen molar-refractivity contribution in [1.29, 1.82) is 0 Å². The van der Waals surface area contributed by atoms with E-state index in [1.807, 2.05) is 0 Å². The van der Waals surface area contributed by atoms with Gasteiger partial charge in [-0.25, -0.2) is 4.39 Å². The molecule has 18 heavy (non-hydrogen) atoms. The van der Waals surface area contributed by atoms with Crippen LogP contribution < -0.4 is 11.5 Å². The Morgan fingerprint density at radius 1 is 1.11 bits per heavy atom. The summed E-state index contributed by atoms with van der Waals surface area (Å²) in [6.07, 6.45) is 0. The molecule has 92 valence electrons. The van der Waals surface area contributed by atoms with E-state index in [9.17, 15) is 9.18 Å². The number of ketones is 1. The molecule has 0 aliphatic carbocycles. The van der Waals surface area contributed by atoms with Crippen LogP contribution in [0.25, 0.3) is 0 Å². The maximum absolute atomic E-state index is 13.1. The number of rotatable bonds is 2. The summed E-state index contributed by atoms with van der Waals surface area (Å²) in [4.78, 5) is 12.2. The minimum Gasteiger partial charge on any atom is -0.399 e. The Hall–Kier alpha value is -2.36. The second-order valence-corrected chi connectivity index (χ2v) is 4.14. The maximum atomic E-state index is 13.1. The lowest BCUT2D eigenvalue weighted by atomic mass is 10.00. The summed E-state index contributed by atoms with van der Waals surface area (Å²) in [6.45, 7) is 1.61. The third-order valence-electron chi connectivity index (χ3n) is 2.74. The highest BCUT2D eigenvalue weighted by Crippen LogP contribution is 2.20. The van der Waals surface area contributed by atoms with Crippen LogP contribution in [0, 0.1) is 12.7 Å². The van der Waals surface area contributed by atoms with Gasteiger partial charge in [0.15, 0.2) is 5.78 Å². The molecule has 0 unspecified atom stereocenters. The summed E-state index contributed by atoms with van der Waals surface area (Å²) in [5.41, 5.74) is 13.3. The molecule has 0 saturated carbocycles. The van der Waals surface area contributed by atoms with Crippen molar-refractivity contribution in [3.8, 4) is 0 Å². The Kier molecular flexibility index (Phi) is 3.02. The number of aryl methyl sites for hydroxylation is 1. The predicted molar refractivity (Wildman–Crippen MR) is 69.8 cm³/mol. The topological polar surface area (TPSA) is 69.1 Å². The molecule has 4 heteroatoms. The number of nitrogens with two attached hydrogens (primary N) is 2. The highest BCUT2D eigenvalue weighted by atomic mass is 19.1. The average molecular weight is 244 g/mol. The van der Waals surface area contributed by atoms with Crippen LogP contribution in [0.4, 0.5) is 15.8 Å². The number of nitrogen functional groups attached to an aromatic ring is 2. The van der Waals surface area contributed by atoms with Crippen LogP contribution in [0.3, 0.4) is 0 Å². The minimum atomic E-state index is -0.336. The molecular formula is C14H13FN2O. The Morgan fingerprint density at radius 2 is 1.83 bits per heavy atom. The molecule has 0 radical (unpaired) electrons. The standard InChI is InChI=1S/C14H13FN2O/c1-8-6-9(2-5-12(8)15)14(18)11-4-3-10(16)7-13(11)17/h2-7H,16-17H2,1H3. The van der Waals surface area contributed by atoms with Gasteiger partial charge >= 0.3 is 0 Å². The fourth-order valence-electron chi connectivity index (χ4n) is 1.73. The number of carbonyl (C=O) groups excluding carboxylic acids is 1. The van der Waals surface area contributed by atoms with Crippen molar-refractivity contribution < 1.29 is 9.18 Å². The van der Waals surface area contributed by atoms with Gasteiger partial charge in [0, 0.05) is 22.5 Å². The van der Waals surface area contributed by atoms with Crippen molar-refractivity contribution >= 4 is 17.2 Å². The lowest BCUT2D eigenvalue weighted by Crippen LogP contribution is -2.06. The molecule has 2 rings (SSSR count). The molecular weight excluding hydrogens is 231 g/mol. The van der Waals surface area contributed by atoms with Crippen LogP contribution in [0.2, 0.25) is 0 Å². The molecule has 4 N–H and O–H groups in total. The molecule has 0 fully saturated rings. The summed E-state index contributed by atoms with van der Waals surface area (Å²) in [5, 5.41) is 0. The quantitative estimate of drug-likeness (QED) is 0.630. The normalized spacial score (nSPS) is 10.3. The maximum Gasteiger partial charge on any atom is 0.195 e. The summed E-state index contributed by atoms with van der Waals surface area (Å²) in [6, 6.07) is 8.94. The van der Waals surface area contributed by atoms with E-state index in [2.05, 4.69) is 0 Å². The molecule has 0 saturated heterocycles. The van der Waals surface area contributed by atoms with Crippen LogP contribution in [0.5, 0.6) is 0 Å². The molecule has 0 aliphatic heterocycles. The van der Waals surface area contributed by atoms with E-state index in [0.29, 0.717) is 28.1 Å². The van der Waals surface area contributed by atoms with E-state index in [1.54, 1.807) is 19.1 Å². The highest BCUT2D eigenvalue weighted by Gasteiger charge is 2.13. The third kappa shape index (κ3) is 2.18. The zero-order chi connectivity index (χ0) is 13.3. The summed E-state index contributed by atoms with van der Waals surface area (Å²) in [5.74, 6) is -0.576. The smallest absolute Gasteiger partial charge is 0.195 e. The van der Waals surface area contributed by atoms with Gasteiger partial charge < -0.3 is 11.5 Å². The largest absolute Gasteiger partial charge is 0.399 e. The fourth-order valence-corrected chi connectivity index (χ4v) is 1.73. The average Bonchev–Trinajstić information content (AvgIpc) is 2.32. The summed E-state index contributed by atoms with van der Waals surface area (Å²) < 4.78 is 13.1. The molecule has 0 spiro atoms. The zero-order valence-electron chi connectivity index (χ0n) is 9.91. The molecule has 0 bridgehead atoms. The van der Waals surface area contributed by atoms with Crippen molar-refractivity contribution in [3.05, 3.63) is 58.9 Å². The lowest BCUT2D eigenvalue weighted by molar-refractivity contribution is 0.103. The minimum absolute atomic E-state index is 0.240. The van der Waals surface area contributed by atoms with Gasteiger partial charge in [-0.05, 0) is 48.9 Å². The van der Waals surface area contributed by atoms with E-state index in [4.69, 9.17) is 11.5 Å². The van der Waals surface area contributed by atoms with E-state index >= 15 is 0 Å². The molecule has 0 aliphatic rings. The van der Waals surface area contributed by atoms with Gasteiger partial charge in [-0.2, -0.15) is 0 Å². The van der Waals surface area contributed by atoms with Crippen molar-refractivity contribution in [2.75, 3.05) is 11.5 Å². The highest BCUT2D eigenvalue weighted by molar-refractivity contribution is 6.12. The van der Waals surface area contributed by atoms with E-state index < -0.39 is 0 Å². The van der Waals surface area contributed by atoms with Gasteiger partial charge in [-0.1, -0.05) is 0 Å². The SMILES string of the molecule is Cc1cc(C(=O)c2ccc(N)cc2N)ccc1F. The van der Waals surface area contributed by atoms with Gasteiger partial charge in [0.2, 0.25) is 0 Å². The number of carbonyl (C=O) groups is 1. The first-order valence-corrected chi connectivity index (χ1v) is 5.45. The summed E-state index contributed by atoms with van der Waals surface area (Å²) in [7, 11) is 0. The lowest BCUT2D eigenvalue weighted by Gasteiger charge is -2.07. The van der Waals surface area contributed by atoms with E-state index in [1.165, 1.54) is 24.3 Å². The molecule has 2 aromatic carbocycles. The van der Waals surface area contributed by atoms with Crippen molar-refractivity contribution in [1.82, 2.24) is 0 Å². The number of benzene rings is 2. The molecule has 0 heterocycles. The first kappa shape index (κ1) is 12.1. The molecule has 2 aromatic rings. The second kappa shape index (κ2) is 4.49. The third-order valence-corrected chi connectivity index (χ3v) is 2.74. The molecule has 0 atom stereocenters. The van der Waals surface area contributed by atoms with Gasteiger partial charge in [0.1, 0.15) is 5.82 Å². The zero-order valence-corrected chi connectivity index (χ0v) is 9.91. The molecule has 0 aromatic heterocycles. The van der Waals surface area contributed by atoms with Crippen LogP contribution in [-0.2, 0) is 0 Å². The number of anilines is 2. The van der Waals surface area contributed by atoms with Gasteiger partial charge in [-0.3, -0.25) is 4.79 Å². The van der Waals surface area contributed by atoms with Crippen LogP contribution >= 0.6 is 0 Å². The Labute approximate surface area is 104 Å². The second-order valence-electron chi connectivity index (χ2n) is 4.14.